The minimum absolute atomic E-state index is 0.00781. The molecule has 7 aromatic rings. The number of carbonyl (C=O) groups excluding carboxylic acids is 10. The number of rotatable bonds is 49. The first-order valence-electron chi connectivity index (χ1n) is 39.3. The predicted octanol–water partition coefficient (Wildman–Crippen LogP) is 3.51. The maximum atomic E-state index is 13.3. The van der Waals surface area contributed by atoms with Crippen LogP contribution in [0.25, 0.3) is 5.57 Å². The van der Waals surface area contributed by atoms with E-state index in [1.807, 2.05) is 23.1 Å². The highest BCUT2D eigenvalue weighted by molar-refractivity contribution is 6.05. The zero-order valence-corrected chi connectivity index (χ0v) is 67.5. The standard InChI is InChI=1S/C80H107N19O19/c1-54(101)99-62-14-13-57(43-63(62)98(49-65(99)56-11-12-56)46-58-9-7-8-10-59(58)52-100)55-19-25-97(26-20-55)73(106)53-118-42-41-117-40-39-116-38-37-115-36-35-114-34-33-113-32-31-112-30-29-111-28-24-81-69(102)17-21-84-78(108)75-89-67(50-95(75)5)88-72(105)18-22-83-77(107)64-44-60(47-93(64)3)85-80(110)76-90-66(51-96(76)6)87-70(103)15-16-71(104)91-68-45-61(48-94(68)4)86-79(109)74-82-23-27-92(74)2/h7-10,13-14,19,23,27,43-45,47-48,50-51,56,65,100H,11-12,15-18,20-22,24-26,28-42,46,49,52-53H2,1-6H3,(H,81,102)(H,83,107)(H,84,108)(H,85,110)(H,86,109)(H,87,103)(H,88,105)(H,91,104)/t65-/m1/s1. The molecule has 1 aliphatic carbocycles. The Morgan fingerprint density at radius 2 is 1.03 bits per heavy atom. The summed E-state index contributed by atoms with van der Waals surface area (Å²) < 4.78 is 52.1. The average molecular weight is 1640 g/mol. The number of anilines is 7. The molecule has 10 amide bonds. The summed E-state index contributed by atoms with van der Waals surface area (Å²) in [4.78, 5) is 148. The van der Waals surface area contributed by atoms with Gasteiger partial charge in [0, 0.05) is 157 Å². The van der Waals surface area contributed by atoms with Crippen LogP contribution in [-0.2, 0) is 115 Å². The van der Waals surface area contributed by atoms with Gasteiger partial charge in [0.25, 0.3) is 23.6 Å². The second-order valence-electron chi connectivity index (χ2n) is 28.3. The number of aryl methyl sites for hydroxylation is 5. The van der Waals surface area contributed by atoms with Crippen molar-refractivity contribution in [3.63, 3.8) is 0 Å². The number of nitrogens with zero attached hydrogens (tertiary/aromatic N) is 11. The number of nitrogens with one attached hydrogen (secondary N) is 8. The van der Waals surface area contributed by atoms with Crippen molar-refractivity contribution in [2.24, 2.45) is 41.2 Å². The van der Waals surface area contributed by atoms with E-state index in [1.54, 1.807) is 74.7 Å². The molecule has 7 heterocycles. The van der Waals surface area contributed by atoms with Crippen molar-refractivity contribution in [2.45, 2.75) is 71.1 Å². The Bertz CT molecular complexity index is 4620. The van der Waals surface area contributed by atoms with Crippen LogP contribution in [0.4, 0.5) is 40.2 Å². The second kappa shape index (κ2) is 45.3. The van der Waals surface area contributed by atoms with Crippen molar-refractivity contribution < 1.29 is 90.9 Å². The van der Waals surface area contributed by atoms with E-state index in [-0.39, 0.29) is 136 Å². The maximum absolute atomic E-state index is 13.3. The Morgan fingerprint density at radius 3 is 1.60 bits per heavy atom. The molecule has 2 aromatic carbocycles. The number of hydrogen-bond acceptors (Lipinski definition) is 23. The van der Waals surface area contributed by atoms with Crippen LogP contribution in [0.15, 0.2) is 97.9 Å². The van der Waals surface area contributed by atoms with Gasteiger partial charge in [0.1, 0.15) is 18.1 Å². The Kier molecular flexibility index (Phi) is 34.1. The number of aliphatic hydroxyl groups excluding tert-OH is 1. The Balaban J connectivity index is 0.473. The quantitative estimate of drug-likeness (QED) is 0.0246. The van der Waals surface area contributed by atoms with Crippen molar-refractivity contribution >= 4 is 105 Å². The van der Waals surface area contributed by atoms with Crippen LogP contribution in [0, 0.1) is 5.92 Å². The molecule has 0 radical (unpaired) electrons. The van der Waals surface area contributed by atoms with E-state index in [2.05, 4.69) is 92.7 Å². The summed E-state index contributed by atoms with van der Waals surface area (Å²) in [5.74, 6) is -2.86. The Hall–Kier alpha value is -11.5. The predicted molar refractivity (Wildman–Crippen MR) is 434 cm³/mol. The van der Waals surface area contributed by atoms with Gasteiger partial charge in [-0.25, -0.2) is 15.0 Å². The number of hydrogen-bond donors (Lipinski definition) is 9. The molecule has 38 nitrogen and oxygen atoms in total. The molecule has 1 saturated carbocycles. The van der Waals surface area contributed by atoms with E-state index in [0.717, 1.165) is 53.0 Å². The SMILES string of the molecule is CC(=O)N1c2ccc(C3=CCN(C(=O)COCCOCCOCCOCCOCCOCCOCCOCCNC(=O)CCNC(=O)c4nc(NC(=O)CCNC(=O)c5cc(NC(=O)c6nc(NC(=O)CCC(=O)Nc7cc(NC(=O)c8nccn8C)cn7C)cn6C)cn5C)cn4C)CC3)cc2N(Cc2ccccc2CO)C[C@@H]1C1CC1. The van der Waals surface area contributed by atoms with Crippen molar-refractivity contribution in [3.05, 3.63) is 138 Å². The van der Waals surface area contributed by atoms with Crippen LogP contribution < -0.4 is 52.3 Å². The summed E-state index contributed by atoms with van der Waals surface area (Å²) in [6, 6.07) is 17.4. The fourth-order valence-corrected chi connectivity index (χ4v) is 13.2. The molecule has 1 atom stereocenters. The summed E-state index contributed by atoms with van der Waals surface area (Å²) in [6.45, 7) is 9.60. The van der Waals surface area contributed by atoms with Gasteiger partial charge in [-0.1, -0.05) is 36.4 Å². The topological polar surface area (TPSA) is 434 Å². The van der Waals surface area contributed by atoms with Gasteiger partial charge < -0.3 is 123 Å². The molecule has 0 spiro atoms. The Morgan fingerprint density at radius 1 is 0.500 bits per heavy atom. The molecule has 636 valence electrons. The van der Waals surface area contributed by atoms with E-state index in [0.29, 0.717) is 129 Å². The van der Waals surface area contributed by atoms with Crippen LogP contribution in [0.5, 0.6) is 0 Å². The van der Waals surface area contributed by atoms with Crippen LogP contribution in [-0.4, -0.2) is 258 Å². The highest BCUT2D eigenvalue weighted by atomic mass is 16.6. The van der Waals surface area contributed by atoms with Gasteiger partial charge in [-0.05, 0) is 65.6 Å². The fourth-order valence-electron chi connectivity index (χ4n) is 13.2. The third-order valence-electron chi connectivity index (χ3n) is 19.4. The normalized spacial score (nSPS) is 13.8. The van der Waals surface area contributed by atoms with E-state index in [1.165, 1.54) is 44.6 Å². The largest absolute Gasteiger partial charge is 0.392 e. The molecule has 2 aliphatic heterocycles. The fraction of sp³-hybridized carbons (Fsp3) is 0.487. The molecule has 9 N–H and O–H groups in total. The number of carbonyl (C=O) groups is 10. The minimum atomic E-state index is -0.648. The Labute approximate surface area is 682 Å². The van der Waals surface area contributed by atoms with E-state index >= 15 is 0 Å². The van der Waals surface area contributed by atoms with Crippen molar-refractivity contribution in [2.75, 3.05) is 181 Å². The highest BCUT2D eigenvalue weighted by Crippen LogP contribution is 2.46. The van der Waals surface area contributed by atoms with Gasteiger partial charge in [0.05, 0.1) is 135 Å². The molecule has 1 fully saturated rings. The van der Waals surface area contributed by atoms with Gasteiger partial charge in [0.2, 0.25) is 47.1 Å². The number of aliphatic hydroxyl groups is 1. The number of aromatic nitrogens is 8. The lowest BCUT2D eigenvalue weighted by atomic mass is 9.95. The zero-order chi connectivity index (χ0) is 83.9. The zero-order valence-electron chi connectivity index (χ0n) is 67.5. The number of fused-ring (bicyclic) bond motifs is 1. The van der Waals surface area contributed by atoms with Gasteiger partial charge in [-0.3, -0.25) is 47.9 Å². The van der Waals surface area contributed by atoms with Crippen LogP contribution in [0.2, 0.25) is 0 Å². The van der Waals surface area contributed by atoms with E-state index in [4.69, 9.17) is 37.9 Å². The third-order valence-corrected chi connectivity index (χ3v) is 19.4. The summed E-state index contributed by atoms with van der Waals surface area (Å²) in [7, 11) is 8.08. The number of amides is 10. The molecule has 118 heavy (non-hydrogen) atoms. The van der Waals surface area contributed by atoms with E-state index in [9.17, 15) is 53.1 Å². The molecule has 38 heteroatoms. The first-order chi connectivity index (χ1) is 57.1. The van der Waals surface area contributed by atoms with Gasteiger partial charge in [0.15, 0.2) is 17.5 Å². The molecule has 0 saturated heterocycles. The van der Waals surface area contributed by atoms with E-state index < -0.39 is 41.4 Å². The smallest absolute Gasteiger partial charge is 0.291 e. The minimum Gasteiger partial charge on any atom is -0.392 e. The summed E-state index contributed by atoms with van der Waals surface area (Å²) >= 11 is 0. The number of benzene rings is 2. The first kappa shape index (κ1) is 88.9. The number of ether oxygens (including phenoxy) is 8. The van der Waals surface area contributed by atoms with Gasteiger partial charge >= 0.3 is 0 Å². The molecule has 0 unspecified atom stereocenters. The lowest BCUT2D eigenvalue weighted by molar-refractivity contribution is -0.136. The first-order valence-corrected chi connectivity index (χ1v) is 39.3. The second-order valence-corrected chi connectivity index (χ2v) is 28.3. The van der Waals surface area contributed by atoms with Crippen molar-refractivity contribution in [3.8, 4) is 0 Å². The average Bonchev–Trinajstić information content (AvgIpc) is 1.31. The van der Waals surface area contributed by atoms with Gasteiger partial charge in [-0.2, -0.15) is 0 Å². The monoisotopic (exact) mass is 1640 g/mol. The lowest BCUT2D eigenvalue weighted by Crippen LogP contribution is -2.52. The number of imidazole rings is 3. The van der Waals surface area contributed by atoms with Gasteiger partial charge in [-0.15, -0.1) is 0 Å². The molecule has 10 rings (SSSR count). The molecular formula is C80H107N19O19. The summed E-state index contributed by atoms with van der Waals surface area (Å²) in [5.41, 5.74) is 6.95. The van der Waals surface area contributed by atoms with Crippen LogP contribution in [0.1, 0.15) is 111 Å². The lowest BCUT2D eigenvalue weighted by Gasteiger charge is -2.44. The summed E-state index contributed by atoms with van der Waals surface area (Å²) in [6.07, 6.45) is 13.6. The van der Waals surface area contributed by atoms with Crippen LogP contribution >= 0.6 is 0 Å². The molecular weight excluding hydrogens is 1530 g/mol. The highest BCUT2D eigenvalue weighted by Gasteiger charge is 2.43. The van der Waals surface area contributed by atoms with Crippen LogP contribution in [0.3, 0.4) is 0 Å². The third kappa shape index (κ3) is 27.0. The molecule has 0 bridgehead atoms. The maximum Gasteiger partial charge on any atom is 0.291 e. The molecule has 3 aliphatic rings. The summed E-state index contributed by atoms with van der Waals surface area (Å²) in [5, 5.41) is 31.4. The van der Waals surface area contributed by atoms with Crippen molar-refractivity contribution in [1.82, 2.24) is 58.6 Å². The van der Waals surface area contributed by atoms with Crippen molar-refractivity contribution in [1.29, 1.82) is 0 Å². The molecule has 5 aromatic heterocycles.